The van der Waals surface area contributed by atoms with Gasteiger partial charge in [0, 0.05) is 17.6 Å². The van der Waals surface area contributed by atoms with Crippen molar-refractivity contribution in [3.63, 3.8) is 0 Å². The maximum absolute atomic E-state index is 12.2. The van der Waals surface area contributed by atoms with Gasteiger partial charge < -0.3 is 5.32 Å². The van der Waals surface area contributed by atoms with Crippen LogP contribution in [0.1, 0.15) is 37.7 Å². The molecule has 1 fully saturated rings. The molecule has 1 aliphatic carbocycles. The van der Waals surface area contributed by atoms with Gasteiger partial charge in [0.2, 0.25) is 15.9 Å². The zero-order valence-electron chi connectivity index (χ0n) is 14.0. The lowest BCUT2D eigenvalue weighted by Gasteiger charge is -2.25. The zero-order chi connectivity index (χ0) is 17.6. The van der Waals surface area contributed by atoms with E-state index in [9.17, 15) is 13.2 Å². The predicted molar refractivity (Wildman–Crippen MR) is 96.6 cm³/mol. The van der Waals surface area contributed by atoms with Gasteiger partial charge in [-0.25, -0.2) is 8.42 Å². The summed E-state index contributed by atoms with van der Waals surface area (Å²) in [5, 5.41) is 3.58. The fraction of sp³-hybridized carbons (Fsp3) is 0.588. The van der Waals surface area contributed by atoms with E-state index in [0.29, 0.717) is 11.4 Å². The molecule has 7 heteroatoms. The van der Waals surface area contributed by atoms with E-state index >= 15 is 0 Å². The van der Waals surface area contributed by atoms with Gasteiger partial charge in [0.25, 0.3) is 0 Å². The number of carbonyl (C=O) groups is 1. The summed E-state index contributed by atoms with van der Waals surface area (Å²) >= 11 is 5.95. The highest BCUT2D eigenvalue weighted by Crippen LogP contribution is 2.17. The van der Waals surface area contributed by atoms with Crippen LogP contribution in [0, 0.1) is 0 Å². The topological polar surface area (TPSA) is 66.5 Å². The molecular formula is C17H25ClN2O3S. The number of sulfonamides is 1. The maximum atomic E-state index is 12.2. The summed E-state index contributed by atoms with van der Waals surface area (Å²) in [6, 6.07) is 7.49. The highest BCUT2D eigenvalue weighted by Gasteiger charge is 2.22. The highest BCUT2D eigenvalue weighted by atomic mass is 35.5. The van der Waals surface area contributed by atoms with Crippen molar-refractivity contribution in [2.24, 2.45) is 0 Å². The molecule has 5 nitrogen and oxygen atoms in total. The average Bonchev–Trinajstić information content (AvgIpc) is 2.51. The fourth-order valence-electron chi connectivity index (χ4n) is 2.99. The molecule has 0 radical (unpaired) electrons. The summed E-state index contributed by atoms with van der Waals surface area (Å²) in [6.07, 6.45) is 7.07. The second-order valence-electron chi connectivity index (χ2n) is 6.38. The van der Waals surface area contributed by atoms with E-state index in [1.807, 2.05) is 18.2 Å². The van der Waals surface area contributed by atoms with Crippen LogP contribution in [0.25, 0.3) is 0 Å². The minimum atomic E-state index is -3.44. The molecule has 1 saturated carbocycles. The van der Waals surface area contributed by atoms with E-state index in [-0.39, 0.29) is 25.0 Å². The van der Waals surface area contributed by atoms with Crippen molar-refractivity contribution in [2.75, 3.05) is 19.3 Å². The van der Waals surface area contributed by atoms with Gasteiger partial charge in [-0.05, 0) is 37.0 Å². The van der Waals surface area contributed by atoms with Crippen molar-refractivity contribution < 1.29 is 13.2 Å². The van der Waals surface area contributed by atoms with Crippen LogP contribution in [-0.2, 0) is 21.2 Å². The Morgan fingerprint density at radius 3 is 2.62 bits per heavy atom. The van der Waals surface area contributed by atoms with Crippen molar-refractivity contribution >= 4 is 27.5 Å². The lowest BCUT2D eigenvalue weighted by molar-refractivity contribution is -0.122. The molecule has 1 amide bonds. The van der Waals surface area contributed by atoms with Crippen LogP contribution < -0.4 is 5.32 Å². The van der Waals surface area contributed by atoms with Gasteiger partial charge >= 0.3 is 0 Å². The fourth-order valence-corrected chi connectivity index (χ4v) is 3.98. The number of amides is 1. The number of nitrogens with one attached hydrogen (secondary N) is 1. The number of rotatable bonds is 7. The Morgan fingerprint density at radius 2 is 2.00 bits per heavy atom. The van der Waals surface area contributed by atoms with E-state index in [2.05, 4.69) is 5.32 Å². The molecule has 0 bridgehead atoms. The van der Waals surface area contributed by atoms with Crippen molar-refractivity contribution in [3.8, 4) is 0 Å². The first-order valence-electron chi connectivity index (χ1n) is 8.33. The Morgan fingerprint density at radius 1 is 1.29 bits per heavy atom. The van der Waals surface area contributed by atoms with Crippen molar-refractivity contribution in [1.29, 1.82) is 0 Å². The normalized spacial score (nSPS) is 16.3. The molecule has 1 aromatic carbocycles. The van der Waals surface area contributed by atoms with E-state index in [1.165, 1.54) is 10.7 Å². The van der Waals surface area contributed by atoms with Crippen LogP contribution >= 0.6 is 11.6 Å². The Bertz CT molecular complexity index is 658. The quantitative estimate of drug-likeness (QED) is 0.800. The number of nitrogens with zero attached hydrogens (tertiary/aromatic N) is 1. The monoisotopic (exact) mass is 372 g/mol. The summed E-state index contributed by atoms with van der Waals surface area (Å²) in [6.45, 7) is 0.132. The summed E-state index contributed by atoms with van der Waals surface area (Å²) in [5.74, 6) is -0.224. The molecular weight excluding hydrogens is 348 g/mol. The lowest BCUT2D eigenvalue weighted by Crippen LogP contribution is -2.45. The standard InChI is InChI=1S/C17H25ClN2O3S/c1-24(22,23)20(11-10-14-6-5-7-15(18)12-14)13-17(21)19-16-8-3-2-4-9-16/h5-7,12,16H,2-4,8-11,13H2,1H3,(H,19,21). The Hall–Kier alpha value is -1.11. The van der Waals surface area contributed by atoms with E-state index < -0.39 is 10.0 Å². The first-order chi connectivity index (χ1) is 11.3. The van der Waals surface area contributed by atoms with Gasteiger partial charge in [-0.2, -0.15) is 4.31 Å². The molecule has 0 saturated heterocycles. The van der Waals surface area contributed by atoms with Gasteiger partial charge in [-0.1, -0.05) is 43.0 Å². The molecule has 0 aliphatic heterocycles. The molecule has 134 valence electrons. The van der Waals surface area contributed by atoms with Crippen LogP contribution in [0.15, 0.2) is 24.3 Å². The van der Waals surface area contributed by atoms with Crippen LogP contribution in [0.3, 0.4) is 0 Å². The van der Waals surface area contributed by atoms with Crippen LogP contribution in [0.2, 0.25) is 5.02 Å². The molecule has 0 atom stereocenters. The number of hydrogen-bond donors (Lipinski definition) is 1. The van der Waals surface area contributed by atoms with E-state index in [0.717, 1.165) is 37.5 Å². The minimum absolute atomic E-state index is 0.129. The van der Waals surface area contributed by atoms with Gasteiger partial charge in [-0.15, -0.1) is 0 Å². The summed E-state index contributed by atoms with van der Waals surface area (Å²) in [5.41, 5.74) is 0.948. The maximum Gasteiger partial charge on any atom is 0.235 e. The number of halogens is 1. The van der Waals surface area contributed by atoms with Crippen LogP contribution in [-0.4, -0.2) is 44.0 Å². The SMILES string of the molecule is CS(=O)(=O)N(CCc1cccc(Cl)c1)CC(=O)NC1CCCCC1. The van der Waals surface area contributed by atoms with Crippen molar-refractivity contribution in [2.45, 2.75) is 44.6 Å². The molecule has 0 heterocycles. The molecule has 1 N–H and O–H groups in total. The Kier molecular flexibility index (Phi) is 7.07. The predicted octanol–water partition coefficient (Wildman–Crippen LogP) is 2.59. The third kappa shape index (κ3) is 6.42. The molecule has 0 aromatic heterocycles. The Labute approximate surface area is 149 Å². The van der Waals surface area contributed by atoms with Gasteiger partial charge in [-0.3, -0.25) is 4.79 Å². The number of hydrogen-bond acceptors (Lipinski definition) is 3. The average molecular weight is 373 g/mol. The molecule has 0 spiro atoms. The number of carbonyl (C=O) groups excluding carboxylic acids is 1. The van der Waals surface area contributed by atoms with E-state index in [1.54, 1.807) is 6.07 Å². The third-order valence-corrected chi connectivity index (χ3v) is 5.78. The highest BCUT2D eigenvalue weighted by molar-refractivity contribution is 7.88. The second-order valence-corrected chi connectivity index (χ2v) is 8.80. The third-order valence-electron chi connectivity index (χ3n) is 4.30. The summed E-state index contributed by atoms with van der Waals surface area (Å²) in [4.78, 5) is 12.2. The summed E-state index contributed by atoms with van der Waals surface area (Å²) in [7, 11) is -3.44. The zero-order valence-corrected chi connectivity index (χ0v) is 15.6. The number of benzene rings is 1. The largest absolute Gasteiger partial charge is 0.352 e. The molecule has 0 unspecified atom stereocenters. The molecule has 1 aliphatic rings. The summed E-state index contributed by atoms with van der Waals surface area (Å²) < 4.78 is 25.2. The Balaban J connectivity index is 1.91. The minimum Gasteiger partial charge on any atom is -0.352 e. The first kappa shape index (κ1) is 19.2. The smallest absolute Gasteiger partial charge is 0.235 e. The van der Waals surface area contributed by atoms with Gasteiger partial charge in [0.1, 0.15) is 0 Å². The van der Waals surface area contributed by atoms with E-state index in [4.69, 9.17) is 11.6 Å². The first-order valence-corrected chi connectivity index (χ1v) is 10.6. The lowest BCUT2D eigenvalue weighted by atomic mass is 9.95. The van der Waals surface area contributed by atoms with Gasteiger partial charge in [0.05, 0.1) is 12.8 Å². The van der Waals surface area contributed by atoms with Gasteiger partial charge in [0.15, 0.2) is 0 Å². The van der Waals surface area contributed by atoms with Crippen LogP contribution in [0.4, 0.5) is 0 Å². The van der Waals surface area contributed by atoms with Crippen molar-refractivity contribution in [3.05, 3.63) is 34.9 Å². The van der Waals surface area contributed by atoms with Crippen LogP contribution in [0.5, 0.6) is 0 Å². The second kappa shape index (κ2) is 8.83. The molecule has 24 heavy (non-hydrogen) atoms. The van der Waals surface area contributed by atoms with Crippen molar-refractivity contribution in [1.82, 2.24) is 9.62 Å². The molecule has 1 aromatic rings. The molecule has 2 rings (SSSR count).